The van der Waals surface area contributed by atoms with Gasteiger partial charge in [0.05, 0.1) is 12.5 Å². The summed E-state index contributed by atoms with van der Waals surface area (Å²) in [6, 6.07) is 2.66. The van der Waals surface area contributed by atoms with Gasteiger partial charge in [0.15, 0.2) is 0 Å². The molecule has 1 aliphatic heterocycles. The fraction of sp³-hybridized carbons (Fsp3) is 0.923. The largest absolute Gasteiger partial charge is 0.295 e. The van der Waals surface area contributed by atoms with Gasteiger partial charge in [0, 0.05) is 30.2 Å². The Hall–Kier alpha value is -0.590. The quantitative estimate of drug-likeness (QED) is 0.682. The van der Waals surface area contributed by atoms with Crippen molar-refractivity contribution in [2.45, 2.75) is 58.2 Å². The van der Waals surface area contributed by atoms with Crippen LogP contribution in [-0.2, 0) is 0 Å². The van der Waals surface area contributed by atoms with E-state index in [4.69, 9.17) is 5.26 Å². The van der Waals surface area contributed by atoms with Crippen molar-refractivity contribution in [3.63, 3.8) is 0 Å². The maximum Gasteiger partial charge on any atom is 0.0638 e. The first kappa shape index (κ1) is 13.5. The van der Waals surface area contributed by atoms with Crippen LogP contribution in [0.25, 0.3) is 0 Å². The van der Waals surface area contributed by atoms with Crippen molar-refractivity contribution in [1.82, 2.24) is 9.80 Å². The van der Waals surface area contributed by atoms with Crippen molar-refractivity contribution in [1.29, 1.82) is 5.26 Å². The molecule has 1 saturated heterocycles. The molecule has 1 rings (SSSR count). The number of likely N-dealkylation sites (N-methyl/N-ethyl adjacent to an activating group) is 1. The first-order valence-electron chi connectivity index (χ1n) is 6.03. The fourth-order valence-corrected chi connectivity index (χ4v) is 2.33. The standard InChI is InChI=1S/C13H25N3/c1-12(2,3)16-9-11(7-8-14)15(6)13(4,5)10-16/h11H,7,9-10H2,1-6H3. The maximum atomic E-state index is 8.90. The van der Waals surface area contributed by atoms with Gasteiger partial charge < -0.3 is 0 Å². The van der Waals surface area contributed by atoms with Crippen molar-refractivity contribution in [3.8, 4) is 6.07 Å². The third-order valence-corrected chi connectivity index (χ3v) is 3.79. The topological polar surface area (TPSA) is 30.3 Å². The third kappa shape index (κ3) is 2.75. The van der Waals surface area contributed by atoms with E-state index in [0.717, 1.165) is 13.1 Å². The van der Waals surface area contributed by atoms with Gasteiger partial charge in [-0.2, -0.15) is 5.26 Å². The monoisotopic (exact) mass is 223 g/mol. The molecule has 0 spiro atoms. The lowest BCUT2D eigenvalue weighted by atomic mass is 9.90. The van der Waals surface area contributed by atoms with Gasteiger partial charge in [-0.15, -0.1) is 0 Å². The van der Waals surface area contributed by atoms with E-state index in [1.54, 1.807) is 0 Å². The highest BCUT2D eigenvalue weighted by atomic mass is 15.3. The predicted molar refractivity (Wildman–Crippen MR) is 67.2 cm³/mol. The van der Waals surface area contributed by atoms with Crippen LogP contribution in [0.3, 0.4) is 0 Å². The zero-order valence-corrected chi connectivity index (χ0v) is 11.5. The lowest BCUT2D eigenvalue weighted by molar-refractivity contribution is -0.0412. The van der Waals surface area contributed by atoms with Crippen LogP contribution < -0.4 is 0 Å². The molecule has 3 nitrogen and oxygen atoms in total. The average molecular weight is 223 g/mol. The summed E-state index contributed by atoms with van der Waals surface area (Å²) in [4.78, 5) is 4.85. The van der Waals surface area contributed by atoms with Crippen LogP contribution >= 0.6 is 0 Å². The van der Waals surface area contributed by atoms with Crippen molar-refractivity contribution < 1.29 is 0 Å². The van der Waals surface area contributed by atoms with E-state index in [0.29, 0.717) is 12.5 Å². The molecule has 0 bridgehead atoms. The Labute approximate surface area is 100 Å². The Bertz CT molecular complexity index is 283. The smallest absolute Gasteiger partial charge is 0.0638 e. The Morgan fingerprint density at radius 2 is 1.94 bits per heavy atom. The number of nitriles is 1. The summed E-state index contributed by atoms with van der Waals surface area (Å²) < 4.78 is 0. The number of piperazine rings is 1. The van der Waals surface area contributed by atoms with Gasteiger partial charge in [0.2, 0.25) is 0 Å². The molecule has 92 valence electrons. The number of nitrogens with zero attached hydrogens (tertiary/aromatic N) is 3. The molecule has 1 aliphatic rings. The molecule has 0 N–H and O–H groups in total. The summed E-state index contributed by atoms with van der Waals surface area (Å²) in [5, 5.41) is 8.90. The normalized spacial score (nSPS) is 27.7. The lowest BCUT2D eigenvalue weighted by Crippen LogP contribution is -2.65. The summed E-state index contributed by atoms with van der Waals surface area (Å²) >= 11 is 0. The zero-order valence-electron chi connectivity index (χ0n) is 11.5. The van der Waals surface area contributed by atoms with Crippen molar-refractivity contribution >= 4 is 0 Å². The van der Waals surface area contributed by atoms with Crippen molar-refractivity contribution in [2.24, 2.45) is 0 Å². The minimum Gasteiger partial charge on any atom is -0.295 e. The Balaban J connectivity index is 2.87. The molecule has 0 amide bonds. The van der Waals surface area contributed by atoms with Gasteiger partial charge in [-0.3, -0.25) is 9.80 Å². The number of rotatable bonds is 1. The van der Waals surface area contributed by atoms with Gasteiger partial charge in [0.25, 0.3) is 0 Å². The molecule has 1 heterocycles. The molecule has 0 aliphatic carbocycles. The van der Waals surface area contributed by atoms with E-state index in [-0.39, 0.29) is 11.1 Å². The van der Waals surface area contributed by atoms with Crippen molar-refractivity contribution in [2.75, 3.05) is 20.1 Å². The highest BCUT2D eigenvalue weighted by Gasteiger charge is 2.40. The van der Waals surface area contributed by atoms with Crippen LogP contribution in [-0.4, -0.2) is 47.1 Å². The Morgan fingerprint density at radius 1 is 1.38 bits per heavy atom. The Morgan fingerprint density at radius 3 is 2.38 bits per heavy atom. The van der Waals surface area contributed by atoms with E-state index in [1.165, 1.54) is 0 Å². The minimum atomic E-state index is 0.146. The third-order valence-electron chi connectivity index (χ3n) is 3.79. The van der Waals surface area contributed by atoms with E-state index >= 15 is 0 Å². The summed E-state index contributed by atoms with van der Waals surface area (Å²) in [5.41, 5.74) is 0.333. The molecule has 0 radical (unpaired) electrons. The average Bonchev–Trinajstić information content (AvgIpc) is 2.11. The second-order valence-corrected chi connectivity index (χ2v) is 6.49. The molecular weight excluding hydrogens is 198 g/mol. The van der Waals surface area contributed by atoms with Crippen LogP contribution in [0, 0.1) is 11.3 Å². The summed E-state index contributed by atoms with van der Waals surface area (Å²) in [7, 11) is 2.14. The fourth-order valence-electron chi connectivity index (χ4n) is 2.33. The van der Waals surface area contributed by atoms with E-state index in [2.05, 4.69) is 57.5 Å². The highest BCUT2D eigenvalue weighted by molar-refractivity contribution is 4.99. The first-order chi connectivity index (χ1) is 7.18. The van der Waals surface area contributed by atoms with E-state index in [9.17, 15) is 0 Å². The van der Waals surface area contributed by atoms with Gasteiger partial charge >= 0.3 is 0 Å². The number of hydrogen-bond acceptors (Lipinski definition) is 3. The van der Waals surface area contributed by atoms with Gasteiger partial charge in [-0.25, -0.2) is 0 Å². The summed E-state index contributed by atoms with van der Waals surface area (Å²) in [6.07, 6.45) is 0.618. The van der Waals surface area contributed by atoms with E-state index < -0.39 is 0 Å². The molecule has 3 heteroatoms. The van der Waals surface area contributed by atoms with Gasteiger partial charge in [0.1, 0.15) is 0 Å². The maximum absolute atomic E-state index is 8.90. The number of hydrogen-bond donors (Lipinski definition) is 0. The molecule has 0 aromatic rings. The van der Waals surface area contributed by atoms with Crippen LogP contribution in [0.1, 0.15) is 41.0 Å². The highest BCUT2D eigenvalue weighted by Crippen LogP contribution is 2.29. The molecular formula is C13H25N3. The molecule has 0 aromatic carbocycles. The summed E-state index contributed by atoms with van der Waals surface area (Å²) in [6.45, 7) is 13.3. The van der Waals surface area contributed by atoms with Crippen LogP contribution in [0.2, 0.25) is 0 Å². The van der Waals surface area contributed by atoms with Crippen LogP contribution in [0.15, 0.2) is 0 Å². The molecule has 16 heavy (non-hydrogen) atoms. The second-order valence-electron chi connectivity index (χ2n) is 6.49. The zero-order chi connectivity index (χ0) is 12.6. The summed E-state index contributed by atoms with van der Waals surface area (Å²) in [5.74, 6) is 0. The molecule has 1 unspecified atom stereocenters. The van der Waals surface area contributed by atoms with Gasteiger partial charge in [-0.05, 0) is 41.7 Å². The minimum absolute atomic E-state index is 0.146. The SMILES string of the molecule is CN1C(CC#N)CN(C(C)(C)C)CC1(C)C. The molecule has 0 aromatic heterocycles. The lowest BCUT2D eigenvalue weighted by Gasteiger charge is -2.53. The van der Waals surface area contributed by atoms with Crippen LogP contribution in [0.4, 0.5) is 0 Å². The first-order valence-corrected chi connectivity index (χ1v) is 6.03. The van der Waals surface area contributed by atoms with Crippen LogP contribution in [0.5, 0.6) is 0 Å². The predicted octanol–water partition coefficient (Wildman–Crippen LogP) is 2.09. The Kier molecular flexibility index (Phi) is 3.66. The molecule has 1 fully saturated rings. The van der Waals surface area contributed by atoms with Crippen molar-refractivity contribution in [3.05, 3.63) is 0 Å². The molecule has 0 saturated carbocycles. The van der Waals surface area contributed by atoms with Gasteiger partial charge in [-0.1, -0.05) is 0 Å². The van der Waals surface area contributed by atoms with E-state index in [1.807, 2.05) is 0 Å². The molecule has 1 atom stereocenters. The second kappa shape index (κ2) is 4.35.